The fourth-order valence-corrected chi connectivity index (χ4v) is 2.25. The topological polar surface area (TPSA) is 115 Å². The van der Waals surface area contributed by atoms with E-state index in [0.29, 0.717) is 17.2 Å². The lowest BCUT2D eigenvalue weighted by Crippen LogP contribution is -2.14. The largest absolute Gasteiger partial charge is 0.387 e. The quantitative estimate of drug-likeness (QED) is 0.545. The van der Waals surface area contributed by atoms with E-state index in [1.54, 1.807) is 42.3 Å². The highest BCUT2D eigenvalue weighted by Gasteiger charge is 2.16. The molecule has 3 rings (SSSR count). The van der Waals surface area contributed by atoms with E-state index in [9.17, 15) is 14.9 Å². The molecule has 9 heteroatoms. The van der Waals surface area contributed by atoms with Gasteiger partial charge in [-0.25, -0.2) is 9.67 Å². The molecule has 3 aromatic rings. The third-order valence-electron chi connectivity index (χ3n) is 3.47. The van der Waals surface area contributed by atoms with Gasteiger partial charge in [-0.15, -0.1) is 0 Å². The van der Waals surface area contributed by atoms with Gasteiger partial charge in [0.25, 0.3) is 11.6 Å². The Bertz CT molecular complexity index is 906. The molecule has 9 nitrogen and oxygen atoms in total. The SMILES string of the molecule is CNc1ccc([N+](=O)[O-])cc1C(=O)Nc1ccc(-n2cccn2)nc1. The van der Waals surface area contributed by atoms with Gasteiger partial charge in [0.1, 0.15) is 0 Å². The number of nitro groups is 1. The predicted molar refractivity (Wildman–Crippen MR) is 92.0 cm³/mol. The summed E-state index contributed by atoms with van der Waals surface area (Å²) in [6.07, 6.45) is 4.88. The molecular weight excluding hydrogens is 324 g/mol. The Kier molecular flexibility index (Phi) is 4.38. The van der Waals surface area contributed by atoms with Crippen molar-refractivity contribution in [3.63, 3.8) is 0 Å². The van der Waals surface area contributed by atoms with Crippen LogP contribution in [0.15, 0.2) is 55.0 Å². The Hall–Kier alpha value is -3.75. The van der Waals surface area contributed by atoms with Crippen LogP contribution in [0.2, 0.25) is 0 Å². The van der Waals surface area contributed by atoms with Crippen LogP contribution in [-0.4, -0.2) is 32.6 Å². The fourth-order valence-electron chi connectivity index (χ4n) is 2.25. The molecule has 1 aromatic carbocycles. The van der Waals surface area contributed by atoms with Gasteiger partial charge in [-0.3, -0.25) is 14.9 Å². The lowest BCUT2D eigenvalue weighted by Gasteiger charge is -2.10. The maximum absolute atomic E-state index is 12.5. The molecule has 0 unspecified atom stereocenters. The van der Waals surface area contributed by atoms with Gasteiger partial charge in [-0.2, -0.15) is 5.10 Å². The molecule has 2 aromatic heterocycles. The van der Waals surface area contributed by atoms with Crippen LogP contribution in [0.1, 0.15) is 10.4 Å². The summed E-state index contributed by atoms with van der Waals surface area (Å²) in [5.74, 6) is 0.135. The van der Waals surface area contributed by atoms with Crippen LogP contribution in [0.3, 0.4) is 0 Å². The van der Waals surface area contributed by atoms with E-state index in [1.807, 2.05) is 0 Å². The van der Waals surface area contributed by atoms with Crippen molar-refractivity contribution in [3.05, 3.63) is 70.7 Å². The average molecular weight is 338 g/mol. The Morgan fingerprint density at radius 2 is 2.12 bits per heavy atom. The number of hydrogen-bond acceptors (Lipinski definition) is 6. The second-order valence-corrected chi connectivity index (χ2v) is 5.05. The highest BCUT2D eigenvalue weighted by molar-refractivity contribution is 6.08. The van der Waals surface area contributed by atoms with E-state index in [1.165, 1.54) is 24.4 Å². The summed E-state index contributed by atoms with van der Waals surface area (Å²) >= 11 is 0. The zero-order chi connectivity index (χ0) is 17.8. The zero-order valence-corrected chi connectivity index (χ0v) is 13.2. The van der Waals surface area contributed by atoms with Crippen molar-refractivity contribution in [1.82, 2.24) is 14.8 Å². The number of amides is 1. The Balaban J connectivity index is 1.82. The number of benzene rings is 1. The van der Waals surface area contributed by atoms with Crippen molar-refractivity contribution in [2.45, 2.75) is 0 Å². The van der Waals surface area contributed by atoms with Crippen LogP contribution in [0.4, 0.5) is 17.1 Å². The average Bonchev–Trinajstić information content (AvgIpc) is 3.16. The van der Waals surface area contributed by atoms with Gasteiger partial charge >= 0.3 is 0 Å². The van der Waals surface area contributed by atoms with E-state index in [2.05, 4.69) is 20.7 Å². The molecule has 0 atom stereocenters. The summed E-state index contributed by atoms with van der Waals surface area (Å²) in [6.45, 7) is 0. The highest BCUT2D eigenvalue weighted by Crippen LogP contribution is 2.23. The number of carbonyl (C=O) groups excluding carboxylic acids is 1. The third-order valence-corrected chi connectivity index (χ3v) is 3.47. The number of nitrogens with one attached hydrogen (secondary N) is 2. The first-order valence-corrected chi connectivity index (χ1v) is 7.32. The molecule has 1 amide bonds. The molecule has 0 radical (unpaired) electrons. The predicted octanol–water partition coefficient (Wildman–Crippen LogP) is 2.47. The molecular formula is C16H14N6O3. The zero-order valence-electron chi connectivity index (χ0n) is 13.2. The monoisotopic (exact) mass is 338 g/mol. The van der Waals surface area contributed by atoms with E-state index >= 15 is 0 Å². The summed E-state index contributed by atoms with van der Waals surface area (Å²) in [7, 11) is 1.64. The number of anilines is 2. The molecule has 2 heterocycles. The summed E-state index contributed by atoms with van der Waals surface area (Å²) in [6, 6.07) is 9.22. The van der Waals surface area contributed by atoms with Crippen LogP contribution < -0.4 is 10.6 Å². The Labute approximate surface area is 142 Å². The molecule has 0 aliphatic heterocycles. The number of nitro benzene ring substituents is 1. The number of aromatic nitrogens is 3. The molecule has 0 fully saturated rings. The first-order chi connectivity index (χ1) is 12.1. The van der Waals surface area contributed by atoms with Gasteiger partial charge in [0.15, 0.2) is 5.82 Å². The van der Waals surface area contributed by atoms with Crippen LogP contribution >= 0.6 is 0 Å². The first-order valence-electron chi connectivity index (χ1n) is 7.32. The summed E-state index contributed by atoms with van der Waals surface area (Å²) in [5, 5.41) is 20.5. The number of rotatable bonds is 5. The van der Waals surface area contributed by atoms with Crippen molar-refractivity contribution < 1.29 is 9.72 Å². The molecule has 25 heavy (non-hydrogen) atoms. The van der Waals surface area contributed by atoms with Crippen LogP contribution in [0.5, 0.6) is 0 Å². The van der Waals surface area contributed by atoms with Crippen molar-refractivity contribution in [3.8, 4) is 5.82 Å². The lowest BCUT2D eigenvalue weighted by molar-refractivity contribution is -0.384. The van der Waals surface area contributed by atoms with Gasteiger partial charge in [0, 0.05) is 37.3 Å². The number of carbonyl (C=O) groups is 1. The normalized spacial score (nSPS) is 10.3. The van der Waals surface area contributed by atoms with Crippen molar-refractivity contribution in [1.29, 1.82) is 0 Å². The fraction of sp³-hybridized carbons (Fsp3) is 0.0625. The second-order valence-electron chi connectivity index (χ2n) is 5.05. The number of pyridine rings is 1. The van der Waals surface area contributed by atoms with Crippen LogP contribution in [0, 0.1) is 10.1 Å². The first kappa shape index (κ1) is 16.1. The van der Waals surface area contributed by atoms with Crippen molar-refractivity contribution in [2.75, 3.05) is 17.7 Å². The van der Waals surface area contributed by atoms with Gasteiger partial charge in [-0.05, 0) is 24.3 Å². The molecule has 0 spiro atoms. The Morgan fingerprint density at radius 3 is 2.72 bits per heavy atom. The minimum absolute atomic E-state index is 0.156. The number of non-ortho nitro benzene ring substituents is 1. The molecule has 0 bridgehead atoms. The molecule has 0 aliphatic rings. The van der Waals surface area contributed by atoms with Gasteiger partial charge in [-0.1, -0.05) is 0 Å². The van der Waals surface area contributed by atoms with Gasteiger partial charge in [0.05, 0.1) is 22.4 Å². The summed E-state index contributed by atoms with van der Waals surface area (Å²) in [4.78, 5) is 27.1. The summed E-state index contributed by atoms with van der Waals surface area (Å²) in [5.41, 5.74) is 0.975. The van der Waals surface area contributed by atoms with Gasteiger partial charge in [0.2, 0.25) is 0 Å². The lowest BCUT2D eigenvalue weighted by atomic mass is 10.1. The van der Waals surface area contributed by atoms with Crippen molar-refractivity contribution >= 4 is 23.0 Å². The molecule has 0 saturated carbocycles. The van der Waals surface area contributed by atoms with E-state index in [-0.39, 0.29) is 11.3 Å². The smallest absolute Gasteiger partial charge is 0.270 e. The third kappa shape index (κ3) is 3.44. The van der Waals surface area contributed by atoms with E-state index in [0.717, 1.165) is 0 Å². The van der Waals surface area contributed by atoms with E-state index in [4.69, 9.17) is 0 Å². The highest BCUT2D eigenvalue weighted by atomic mass is 16.6. The number of nitrogens with zero attached hydrogens (tertiary/aromatic N) is 4. The molecule has 0 saturated heterocycles. The summed E-state index contributed by atoms with van der Waals surface area (Å²) < 4.78 is 1.59. The maximum atomic E-state index is 12.5. The van der Waals surface area contributed by atoms with Crippen LogP contribution in [-0.2, 0) is 0 Å². The standard InChI is InChI=1S/C16H14N6O3/c1-17-14-5-4-12(22(24)25)9-13(14)16(23)20-11-3-6-15(18-10-11)21-8-2-7-19-21/h2-10,17H,1H3,(H,20,23). The van der Waals surface area contributed by atoms with E-state index < -0.39 is 10.8 Å². The number of hydrogen-bond donors (Lipinski definition) is 2. The maximum Gasteiger partial charge on any atom is 0.270 e. The van der Waals surface area contributed by atoms with Crippen LogP contribution in [0.25, 0.3) is 5.82 Å². The molecule has 126 valence electrons. The van der Waals surface area contributed by atoms with Gasteiger partial charge < -0.3 is 10.6 Å². The minimum Gasteiger partial charge on any atom is -0.387 e. The molecule has 2 N–H and O–H groups in total. The Morgan fingerprint density at radius 1 is 1.28 bits per heavy atom. The minimum atomic E-state index is -0.545. The second kappa shape index (κ2) is 6.79. The van der Waals surface area contributed by atoms with Crippen molar-refractivity contribution in [2.24, 2.45) is 0 Å². The molecule has 0 aliphatic carbocycles.